The van der Waals surface area contributed by atoms with Crippen molar-refractivity contribution >= 4 is 5.97 Å². The Morgan fingerprint density at radius 2 is 2.58 bits per heavy atom. The van der Waals surface area contributed by atoms with E-state index >= 15 is 0 Å². The Bertz CT molecular complexity index is 319. The largest absolute Gasteiger partial charge is 0.481 e. The van der Waals surface area contributed by atoms with E-state index < -0.39 is 5.97 Å². The van der Waals surface area contributed by atoms with E-state index in [-0.39, 0.29) is 11.8 Å². The summed E-state index contributed by atoms with van der Waals surface area (Å²) in [5, 5.41) is 12.8. The average Bonchev–Trinajstić information content (AvgIpc) is 2.70. The van der Waals surface area contributed by atoms with Gasteiger partial charge >= 0.3 is 5.97 Å². The van der Waals surface area contributed by atoms with Crippen molar-refractivity contribution in [1.29, 1.82) is 0 Å². The Morgan fingerprint density at radius 1 is 1.83 bits per heavy atom. The minimum atomic E-state index is -0.703. The van der Waals surface area contributed by atoms with Crippen LogP contribution in [0, 0.1) is 5.92 Å². The number of carboxylic acids is 1. The fourth-order valence-electron chi connectivity index (χ4n) is 1.43. The van der Waals surface area contributed by atoms with Crippen LogP contribution in [0.2, 0.25) is 0 Å². The Hall–Kier alpha value is -1.32. The van der Waals surface area contributed by atoms with E-state index in [2.05, 4.69) is 5.10 Å². The third-order valence-electron chi connectivity index (χ3n) is 2.22. The molecular weight excluding hydrogens is 156 g/mol. The van der Waals surface area contributed by atoms with Crippen molar-refractivity contribution in [2.24, 2.45) is 13.0 Å². The number of carbonyl (C=O) groups is 1. The van der Waals surface area contributed by atoms with Crippen molar-refractivity contribution in [3.8, 4) is 0 Å². The van der Waals surface area contributed by atoms with Gasteiger partial charge in [-0.1, -0.05) is 0 Å². The Labute approximate surface area is 69.8 Å². The van der Waals surface area contributed by atoms with Crippen LogP contribution in [0.15, 0.2) is 12.3 Å². The van der Waals surface area contributed by atoms with E-state index in [9.17, 15) is 4.79 Å². The summed E-state index contributed by atoms with van der Waals surface area (Å²) in [6.07, 6.45) is 2.58. The molecule has 0 aromatic carbocycles. The van der Waals surface area contributed by atoms with Crippen LogP contribution in [0.3, 0.4) is 0 Å². The van der Waals surface area contributed by atoms with Gasteiger partial charge in [0.2, 0.25) is 0 Å². The van der Waals surface area contributed by atoms with Crippen molar-refractivity contribution < 1.29 is 9.90 Å². The van der Waals surface area contributed by atoms with E-state index in [1.165, 1.54) is 0 Å². The average molecular weight is 166 g/mol. The molecule has 4 nitrogen and oxygen atoms in total. The second-order valence-electron chi connectivity index (χ2n) is 3.20. The summed E-state index contributed by atoms with van der Waals surface area (Å²) in [6, 6.07) is 1.88. The number of aliphatic carboxylic acids is 1. The number of hydrogen-bond acceptors (Lipinski definition) is 2. The number of aromatic nitrogens is 2. The monoisotopic (exact) mass is 166 g/mol. The molecule has 1 aliphatic carbocycles. The molecule has 12 heavy (non-hydrogen) atoms. The van der Waals surface area contributed by atoms with E-state index in [4.69, 9.17) is 5.11 Å². The summed E-state index contributed by atoms with van der Waals surface area (Å²) >= 11 is 0. The highest BCUT2D eigenvalue weighted by Gasteiger charge is 2.45. The lowest BCUT2D eigenvalue weighted by molar-refractivity contribution is -0.138. The second-order valence-corrected chi connectivity index (χ2v) is 3.20. The zero-order chi connectivity index (χ0) is 8.72. The summed E-state index contributed by atoms with van der Waals surface area (Å²) in [5.41, 5.74) is 0.907. The quantitative estimate of drug-likeness (QED) is 0.700. The number of hydrogen-bond donors (Lipinski definition) is 1. The maximum absolute atomic E-state index is 10.5. The predicted molar refractivity (Wildman–Crippen MR) is 41.7 cm³/mol. The maximum atomic E-state index is 10.5. The lowest BCUT2D eigenvalue weighted by Gasteiger charge is -1.89. The molecule has 1 aromatic rings. The Morgan fingerprint density at radius 3 is 3.00 bits per heavy atom. The van der Waals surface area contributed by atoms with Gasteiger partial charge < -0.3 is 5.11 Å². The smallest absolute Gasteiger partial charge is 0.307 e. The molecule has 1 N–H and O–H groups in total. The van der Waals surface area contributed by atoms with Crippen LogP contribution in [0.4, 0.5) is 0 Å². The van der Waals surface area contributed by atoms with Crippen LogP contribution in [0.25, 0.3) is 0 Å². The fourth-order valence-corrected chi connectivity index (χ4v) is 1.43. The van der Waals surface area contributed by atoms with Gasteiger partial charge in [0.05, 0.1) is 11.6 Å². The highest BCUT2D eigenvalue weighted by molar-refractivity contribution is 5.74. The van der Waals surface area contributed by atoms with Gasteiger partial charge in [0.15, 0.2) is 0 Å². The first-order chi connectivity index (χ1) is 5.68. The molecule has 2 rings (SSSR count). The van der Waals surface area contributed by atoms with Crippen molar-refractivity contribution in [2.75, 3.05) is 0 Å². The van der Waals surface area contributed by atoms with Crippen LogP contribution in [0.1, 0.15) is 18.0 Å². The molecule has 1 aliphatic rings. The van der Waals surface area contributed by atoms with Gasteiger partial charge in [-0.2, -0.15) is 5.10 Å². The molecule has 0 bridgehead atoms. The third-order valence-corrected chi connectivity index (χ3v) is 2.22. The summed E-state index contributed by atoms with van der Waals surface area (Å²) in [5.74, 6) is -0.741. The molecule has 0 saturated heterocycles. The fraction of sp³-hybridized carbons (Fsp3) is 0.500. The summed E-state index contributed by atoms with van der Waals surface area (Å²) in [6.45, 7) is 0. The van der Waals surface area contributed by atoms with Crippen LogP contribution in [-0.2, 0) is 11.8 Å². The zero-order valence-corrected chi connectivity index (χ0v) is 6.77. The highest BCUT2D eigenvalue weighted by atomic mass is 16.4. The van der Waals surface area contributed by atoms with Crippen LogP contribution in [0.5, 0.6) is 0 Å². The molecule has 0 aliphatic heterocycles. The van der Waals surface area contributed by atoms with Gasteiger partial charge in [-0.05, 0) is 12.5 Å². The summed E-state index contributed by atoms with van der Waals surface area (Å²) in [4.78, 5) is 10.5. The van der Waals surface area contributed by atoms with Gasteiger partial charge in [-0.15, -0.1) is 0 Å². The molecule has 1 aromatic heterocycles. The van der Waals surface area contributed by atoms with Gasteiger partial charge in [0.1, 0.15) is 0 Å². The van der Waals surface area contributed by atoms with E-state index in [1.807, 2.05) is 19.3 Å². The van der Waals surface area contributed by atoms with Gasteiger partial charge in [-0.25, -0.2) is 0 Å². The molecule has 0 unspecified atom stereocenters. The number of nitrogens with zero attached hydrogens (tertiary/aromatic N) is 2. The molecular formula is C8H10N2O2. The lowest BCUT2D eigenvalue weighted by atomic mass is 10.2. The molecule has 2 atom stereocenters. The minimum absolute atomic E-state index is 0.156. The lowest BCUT2D eigenvalue weighted by Crippen LogP contribution is -1.99. The summed E-state index contributed by atoms with van der Waals surface area (Å²) in [7, 11) is 1.83. The number of aryl methyl sites for hydroxylation is 1. The topological polar surface area (TPSA) is 55.1 Å². The number of carboxylic acid groups (broad SMARTS) is 1. The van der Waals surface area contributed by atoms with Crippen molar-refractivity contribution in [3.05, 3.63) is 18.0 Å². The molecule has 0 radical (unpaired) electrons. The minimum Gasteiger partial charge on any atom is -0.481 e. The molecule has 0 amide bonds. The van der Waals surface area contributed by atoms with Gasteiger partial charge in [0.25, 0.3) is 0 Å². The van der Waals surface area contributed by atoms with Gasteiger partial charge in [0, 0.05) is 19.2 Å². The van der Waals surface area contributed by atoms with Crippen molar-refractivity contribution in [3.63, 3.8) is 0 Å². The first kappa shape index (κ1) is 7.34. The number of rotatable bonds is 2. The predicted octanol–water partition coefficient (Wildman–Crippen LogP) is 0.608. The summed E-state index contributed by atoms with van der Waals surface area (Å²) < 4.78 is 1.70. The standard InChI is InChI=1S/C8H10N2O2/c1-10-3-2-7(9-10)5-4-6(5)8(11)12/h2-3,5-6H,4H2,1H3,(H,11,12)/t5-,6-/m0/s1. The first-order valence-corrected chi connectivity index (χ1v) is 3.91. The third kappa shape index (κ3) is 1.09. The highest BCUT2D eigenvalue weighted by Crippen LogP contribution is 2.46. The zero-order valence-electron chi connectivity index (χ0n) is 6.77. The van der Waals surface area contributed by atoms with Crippen LogP contribution in [-0.4, -0.2) is 20.9 Å². The molecule has 0 spiro atoms. The molecule has 1 heterocycles. The molecule has 1 saturated carbocycles. The Kier molecular flexibility index (Phi) is 1.43. The SMILES string of the molecule is Cn1ccc([C@H]2C[C@@H]2C(=O)O)n1. The van der Waals surface area contributed by atoms with Crippen LogP contribution < -0.4 is 0 Å². The van der Waals surface area contributed by atoms with E-state index in [0.29, 0.717) is 0 Å². The maximum Gasteiger partial charge on any atom is 0.307 e. The van der Waals surface area contributed by atoms with E-state index in [0.717, 1.165) is 12.1 Å². The molecule has 4 heteroatoms. The Balaban J connectivity index is 2.10. The second kappa shape index (κ2) is 2.33. The van der Waals surface area contributed by atoms with Crippen molar-refractivity contribution in [1.82, 2.24) is 9.78 Å². The van der Waals surface area contributed by atoms with Gasteiger partial charge in [-0.3, -0.25) is 9.48 Å². The van der Waals surface area contributed by atoms with Crippen LogP contribution >= 0.6 is 0 Å². The first-order valence-electron chi connectivity index (χ1n) is 3.91. The van der Waals surface area contributed by atoms with E-state index in [1.54, 1.807) is 4.68 Å². The van der Waals surface area contributed by atoms with Crippen molar-refractivity contribution in [2.45, 2.75) is 12.3 Å². The normalized spacial score (nSPS) is 27.1. The molecule has 64 valence electrons. The molecule has 1 fully saturated rings.